The van der Waals surface area contributed by atoms with Gasteiger partial charge in [0.2, 0.25) is 0 Å². The maximum atomic E-state index is 5.11. The van der Waals surface area contributed by atoms with Crippen LogP contribution in [0.3, 0.4) is 0 Å². The lowest BCUT2D eigenvalue weighted by Crippen LogP contribution is -2.20. The van der Waals surface area contributed by atoms with E-state index < -0.39 is 0 Å². The highest BCUT2D eigenvalue weighted by Gasteiger charge is 2.15. The molecule has 0 saturated heterocycles. The van der Waals surface area contributed by atoms with Gasteiger partial charge in [0.1, 0.15) is 6.10 Å². The van der Waals surface area contributed by atoms with E-state index in [1.54, 1.807) is 0 Å². The molecule has 0 aromatic carbocycles. The lowest BCUT2D eigenvalue weighted by Gasteiger charge is -2.20. The zero-order valence-corrected chi connectivity index (χ0v) is 6.00. The molecule has 1 unspecified atom stereocenters. The number of hydrogen-bond acceptors (Lipinski definition) is 2. The molecule has 0 aromatic heterocycles. The van der Waals surface area contributed by atoms with Crippen molar-refractivity contribution in [2.75, 3.05) is 0 Å². The summed E-state index contributed by atoms with van der Waals surface area (Å²) in [6.45, 7) is 4.32. The zero-order valence-electron chi connectivity index (χ0n) is 6.00. The van der Waals surface area contributed by atoms with E-state index in [0.717, 1.165) is 12.8 Å². The average Bonchev–Trinajstić information content (AvgIpc) is 1.90. The van der Waals surface area contributed by atoms with E-state index in [2.05, 4.69) is 19.0 Å². The fourth-order valence-electron chi connectivity index (χ4n) is 0.920. The van der Waals surface area contributed by atoms with Crippen molar-refractivity contribution in [1.82, 2.24) is 0 Å². The van der Waals surface area contributed by atoms with Gasteiger partial charge in [-0.15, -0.1) is 0 Å². The topological polar surface area (TPSA) is 21.6 Å². The summed E-state index contributed by atoms with van der Waals surface area (Å²) < 4.78 is 0. The summed E-state index contributed by atoms with van der Waals surface area (Å²) in [5.41, 5.74) is 0. The van der Waals surface area contributed by atoms with Crippen LogP contribution in [0.4, 0.5) is 0 Å². The summed E-state index contributed by atoms with van der Waals surface area (Å²) >= 11 is 0. The number of nitrogens with zero attached hydrogens (tertiary/aromatic N) is 1. The van der Waals surface area contributed by atoms with Gasteiger partial charge in [0, 0.05) is 6.21 Å². The summed E-state index contributed by atoms with van der Waals surface area (Å²) in [6.07, 6.45) is 4.39. The first kappa shape index (κ1) is 6.59. The van der Waals surface area contributed by atoms with Gasteiger partial charge in [-0.25, -0.2) is 0 Å². The number of oxime groups is 1. The molecule has 0 saturated carbocycles. The molecule has 9 heavy (non-hydrogen) atoms. The first-order chi connectivity index (χ1) is 4.30. The number of hydrogen-bond donors (Lipinski definition) is 0. The van der Waals surface area contributed by atoms with Crippen LogP contribution in [0.2, 0.25) is 0 Å². The SMILES string of the molecule is CC(C)C1CCC=NO1. The smallest absolute Gasteiger partial charge is 0.130 e. The molecule has 0 N–H and O–H groups in total. The molecule has 0 bridgehead atoms. The molecule has 52 valence electrons. The van der Waals surface area contributed by atoms with E-state index in [1.807, 2.05) is 6.21 Å². The second kappa shape index (κ2) is 2.85. The minimum atomic E-state index is 0.356. The molecule has 1 aliphatic rings. The van der Waals surface area contributed by atoms with Gasteiger partial charge in [-0.2, -0.15) is 0 Å². The van der Waals surface area contributed by atoms with Crippen LogP contribution in [-0.2, 0) is 4.84 Å². The van der Waals surface area contributed by atoms with E-state index in [0.29, 0.717) is 12.0 Å². The molecule has 0 aromatic rings. The van der Waals surface area contributed by atoms with Crippen LogP contribution in [0.5, 0.6) is 0 Å². The Morgan fingerprint density at radius 2 is 2.44 bits per heavy atom. The zero-order chi connectivity index (χ0) is 6.69. The highest BCUT2D eigenvalue weighted by atomic mass is 16.6. The highest BCUT2D eigenvalue weighted by molar-refractivity contribution is 5.56. The van der Waals surface area contributed by atoms with E-state index in [-0.39, 0.29) is 0 Å². The molecule has 0 fully saturated rings. The molecule has 0 amide bonds. The van der Waals surface area contributed by atoms with Crippen molar-refractivity contribution in [2.45, 2.75) is 32.8 Å². The fourth-order valence-corrected chi connectivity index (χ4v) is 0.920. The largest absolute Gasteiger partial charge is 0.393 e. The third kappa shape index (κ3) is 1.70. The van der Waals surface area contributed by atoms with Gasteiger partial charge in [0.25, 0.3) is 0 Å². The highest BCUT2D eigenvalue weighted by Crippen LogP contribution is 2.15. The first-order valence-corrected chi connectivity index (χ1v) is 3.48. The molecule has 1 aliphatic heterocycles. The minimum absolute atomic E-state index is 0.356. The lowest BCUT2D eigenvalue weighted by molar-refractivity contribution is 0.0146. The number of rotatable bonds is 1. The van der Waals surface area contributed by atoms with Gasteiger partial charge >= 0.3 is 0 Å². The van der Waals surface area contributed by atoms with Crippen LogP contribution in [0, 0.1) is 5.92 Å². The summed E-state index contributed by atoms with van der Waals surface area (Å²) in [5, 5.41) is 3.75. The third-order valence-corrected chi connectivity index (χ3v) is 1.59. The summed E-state index contributed by atoms with van der Waals surface area (Å²) in [6, 6.07) is 0. The van der Waals surface area contributed by atoms with Crippen LogP contribution in [0.1, 0.15) is 26.7 Å². The van der Waals surface area contributed by atoms with Gasteiger partial charge < -0.3 is 4.84 Å². The molecular weight excluding hydrogens is 114 g/mol. The van der Waals surface area contributed by atoms with Crippen molar-refractivity contribution in [3.8, 4) is 0 Å². The van der Waals surface area contributed by atoms with Crippen molar-refractivity contribution in [3.05, 3.63) is 0 Å². The molecule has 1 heterocycles. The summed E-state index contributed by atoms with van der Waals surface area (Å²) in [7, 11) is 0. The molecule has 0 spiro atoms. The fraction of sp³-hybridized carbons (Fsp3) is 0.857. The standard InChI is InChI=1S/C7H13NO/c1-6(2)7-4-3-5-8-9-7/h5-7H,3-4H2,1-2H3. The normalized spacial score (nSPS) is 26.3. The second-order valence-electron chi connectivity index (χ2n) is 2.75. The molecule has 2 heteroatoms. The molecule has 1 rings (SSSR count). The first-order valence-electron chi connectivity index (χ1n) is 3.48. The average molecular weight is 127 g/mol. The van der Waals surface area contributed by atoms with E-state index in [1.165, 1.54) is 0 Å². The predicted molar refractivity (Wildman–Crippen MR) is 37.4 cm³/mol. The van der Waals surface area contributed by atoms with Crippen molar-refractivity contribution < 1.29 is 4.84 Å². The Bertz CT molecular complexity index is 109. The van der Waals surface area contributed by atoms with Crippen LogP contribution >= 0.6 is 0 Å². The van der Waals surface area contributed by atoms with Gasteiger partial charge in [0.15, 0.2) is 0 Å². The van der Waals surface area contributed by atoms with Crippen LogP contribution in [0.25, 0.3) is 0 Å². The van der Waals surface area contributed by atoms with Crippen LogP contribution in [-0.4, -0.2) is 12.3 Å². The predicted octanol–water partition coefficient (Wildman–Crippen LogP) is 1.81. The van der Waals surface area contributed by atoms with Gasteiger partial charge in [-0.05, 0) is 18.8 Å². The second-order valence-corrected chi connectivity index (χ2v) is 2.75. The molecule has 2 nitrogen and oxygen atoms in total. The third-order valence-electron chi connectivity index (χ3n) is 1.59. The van der Waals surface area contributed by atoms with Crippen molar-refractivity contribution in [2.24, 2.45) is 11.1 Å². The Balaban J connectivity index is 2.35. The van der Waals surface area contributed by atoms with E-state index >= 15 is 0 Å². The Labute approximate surface area is 55.9 Å². The summed E-state index contributed by atoms with van der Waals surface area (Å²) in [4.78, 5) is 5.11. The van der Waals surface area contributed by atoms with Gasteiger partial charge in [0.05, 0.1) is 0 Å². The minimum Gasteiger partial charge on any atom is -0.393 e. The van der Waals surface area contributed by atoms with E-state index in [9.17, 15) is 0 Å². The Morgan fingerprint density at radius 3 is 2.78 bits per heavy atom. The Kier molecular flexibility index (Phi) is 2.09. The Hall–Kier alpha value is -0.530. The van der Waals surface area contributed by atoms with Crippen LogP contribution in [0.15, 0.2) is 5.16 Å². The van der Waals surface area contributed by atoms with Crippen molar-refractivity contribution in [3.63, 3.8) is 0 Å². The van der Waals surface area contributed by atoms with Crippen molar-refractivity contribution in [1.29, 1.82) is 0 Å². The molecule has 0 aliphatic carbocycles. The molecular formula is C7H13NO. The molecule has 1 atom stereocenters. The quantitative estimate of drug-likeness (QED) is 0.526. The van der Waals surface area contributed by atoms with Crippen LogP contribution < -0.4 is 0 Å². The van der Waals surface area contributed by atoms with Gasteiger partial charge in [-0.1, -0.05) is 19.0 Å². The molecule has 0 radical (unpaired) electrons. The maximum Gasteiger partial charge on any atom is 0.130 e. The van der Waals surface area contributed by atoms with Crippen molar-refractivity contribution >= 4 is 6.21 Å². The van der Waals surface area contributed by atoms with Gasteiger partial charge in [-0.3, -0.25) is 0 Å². The monoisotopic (exact) mass is 127 g/mol. The summed E-state index contributed by atoms with van der Waals surface area (Å²) in [5.74, 6) is 0.599. The maximum absolute atomic E-state index is 5.11. The lowest BCUT2D eigenvalue weighted by atomic mass is 10.0. The Morgan fingerprint density at radius 1 is 1.67 bits per heavy atom. The van der Waals surface area contributed by atoms with E-state index in [4.69, 9.17) is 4.84 Å².